The first-order valence-corrected chi connectivity index (χ1v) is 14.4. The maximum atomic E-state index is 13.1. The number of amides is 2. The molecule has 0 spiro atoms. The molecular weight excluding hydrogens is 484 g/mol. The number of carbonyl (C=O) groups is 2. The Balaban J connectivity index is 1.56. The van der Waals surface area contributed by atoms with Crippen LogP contribution in [-0.2, 0) is 23.0 Å². The lowest BCUT2D eigenvalue weighted by Gasteiger charge is -2.32. The molecule has 0 saturated carbocycles. The summed E-state index contributed by atoms with van der Waals surface area (Å²) < 4.78 is 27.7. The molecule has 3 heterocycles. The number of thiophene rings is 1. The average Bonchev–Trinajstić information content (AvgIpc) is 3.20. The molecule has 2 amide bonds. The molecule has 1 aromatic heterocycles. The van der Waals surface area contributed by atoms with Crippen LogP contribution in [0, 0.1) is 0 Å². The molecule has 190 valence electrons. The fraction of sp³-hybridized carbons (Fsp3) is 0.520. The molecule has 2 aromatic rings. The number of hydrogen-bond donors (Lipinski definition) is 2. The van der Waals surface area contributed by atoms with Crippen LogP contribution in [0.5, 0.6) is 0 Å². The highest BCUT2D eigenvalue weighted by Crippen LogP contribution is 2.38. The van der Waals surface area contributed by atoms with Crippen LogP contribution in [0.3, 0.4) is 0 Å². The third kappa shape index (κ3) is 5.16. The maximum absolute atomic E-state index is 13.1. The molecule has 10 heteroatoms. The van der Waals surface area contributed by atoms with Gasteiger partial charge in [0.05, 0.1) is 10.5 Å². The molecular formula is C25H34N4O4S2. The second-order valence-corrected chi connectivity index (χ2v) is 12.5. The number of rotatable bonds is 6. The predicted octanol–water partition coefficient (Wildman–Crippen LogP) is 3.69. The average molecular weight is 519 g/mol. The normalized spacial score (nSPS) is 19.4. The number of sulfonamides is 1. The van der Waals surface area contributed by atoms with Gasteiger partial charge in [0.15, 0.2) is 0 Å². The van der Waals surface area contributed by atoms with Gasteiger partial charge < -0.3 is 10.6 Å². The van der Waals surface area contributed by atoms with E-state index in [9.17, 15) is 18.0 Å². The van der Waals surface area contributed by atoms with E-state index >= 15 is 0 Å². The molecule has 35 heavy (non-hydrogen) atoms. The Morgan fingerprint density at radius 2 is 1.80 bits per heavy atom. The third-order valence-corrected chi connectivity index (χ3v) is 10.1. The molecule has 1 fully saturated rings. The van der Waals surface area contributed by atoms with E-state index in [2.05, 4.69) is 29.4 Å². The Bertz CT molecular complexity index is 1200. The van der Waals surface area contributed by atoms with Crippen LogP contribution in [0.25, 0.3) is 0 Å². The number of carbonyl (C=O) groups excluding carboxylic acids is 2. The summed E-state index contributed by atoms with van der Waals surface area (Å²) in [7, 11) is -2.02. The second kappa shape index (κ2) is 10.4. The van der Waals surface area contributed by atoms with Crippen molar-refractivity contribution in [3.63, 3.8) is 0 Å². The van der Waals surface area contributed by atoms with Gasteiger partial charge in [0.1, 0.15) is 5.00 Å². The van der Waals surface area contributed by atoms with Crippen molar-refractivity contribution in [1.29, 1.82) is 0 Å². The minimum atomic E-state index is -3.60. The van der Waals surface area contributed by atoms with Crippen LogP contribution in [-0.4, -0.2) is 61.7 Å². The standard InChI is InChI=1S/C25H34N4O4S2/c1-16(2)28-14-12-20-21(15-28)34-25(22(20)24(31)26-4)27-23(30)18-8-10-19(11-9-18)35(32,33)29-13-6-5-7-17(29)3/h8-11,16-17H,5-7,12-15H2,1-4H3,(H,26,31)(H,27,30). The van der Waals surface area contributed by atoms with Gasteiger partial charge in [-0.2, -0.15) is 4.31 Å². The van der Waals surface area contributed by atoms with Crippen LogP contribution >= 0.6 is 11.3 Å². The lowest BCUT2D eigenvalue weighted by atomic mass is 10.0. The number of nitrogens with one attached hydrogen (secondary N) is 2. The Labute approximate surface area is 211 Å². The fourth-order valence-corrected chi connectivity index (χ4v) is 7.80. The van der Waals surface area contributed by atoms with Gasteiger partial charge in [-0.25, -0.2) is 8.42 Å². The Hall–Kier alpha value is -2.27. The highest BCUT2D eigenvalue weighted by atomic mass is 32.2. The number of hydrogen-bond acceptors (Lipinski definition) is 6. The smallest absolute Gasteiger partial charge is 0.256 e. The Kier molecular flexibility index (Phi) is 7.65. The zero-order valence-electron chi connectivity index (χ0n) is 20.8. The molecule has 1 atom stereocenters. The first-order valence-electron chi connectivity index (χ1n) is 12.2. The van der Waals surface area contributed by atoms with E-state index in [4.69, 9.17) is 0 Å². The third-order valence-electron chi connectivity index (χ3n) is 6.96. The molecule has 2 N–H and O–H groups in total. The SMILES string of the molecule is CNC(=O)c1c(NC(=O)c2ccc(S(=O)(=O)N3CCCCC3C)cc2)sc2c1CCN(C(C)C)C2. The minimum absolute atomic E-state index is 0.0312. The monoisotopic (exact) mass is 518 g/mol. The Morgan fingerprint density at radius 1 is 1.09 bits per heavy atom. The van der Waals surface area contributed by atoms with Crippen molar-refractivity contribution in [1.82, 2.24) is 14.5 Å². The highest BCUT2D eigenvalue weighted by molar-refractivity contribution is 7.89. The van der Waals surface area contributed by atoms with Gasteiger partial charge in [-0.1, -0.05) is 6.42 Å². The van der Waals surface area contributed by atoms with E-state index in [0.717, 1.165) is 49.2 Å². The summed E-state index contributed by atoms with van der Waals surface area (Å²) in [6.45, 7) is 8.37. The fourth-order valence-electron chi connectivity index (χ4n) is 4.84. The summed E-state index contributed by atoms with van der Waals surface area (Å²) >= 11 is 1.44. The molecule has 0 radical (unpaired) electrons. The van der Waals surface area contributed by atoms with Gasteiger partial charge in [0.2, 0.25) is 10.0 Å². The van der Waals surface area contributed by atoms with Crippen LogP contribution in [0.15, 0.2) is 29.2 Å². The van der Waals surface area contributed by atoms with Gasteiger partial charge in [-0.3, -0.25) is 14.5 Å². The maximum Gasteiger partial charge on any atom is 0.256 e. The second-order valence-electron chi connectivity index (χ2n) is 9.54. The van der Waals surface area contributed by atoms with Crippen molar-refractivity contribution in [2.75, 3.05) is 25.5 Å². The van der Waals surface area contributed by atoms with E-state index in [1.807, 2.05) is 6.92 Å². The van der Waals surface area contributed by atoms with E-state index in [-0.39, 0.29) is 22.8 Å². The molecule has 8 nitrogen and oxygen atoms in total. The number of piperidine rings is 1. The van der Waals surface area contributed by atoms with Crippen molar-refractivity contribution in [2.45, 2.75) is 70.0 Å². The molecule has 1 unspecified atom stereocenters. The van der Waals surface area contributed by atoms with Gasteiger partial charge >= 0.3 is 0 Å². The summed E-state index contributed by atoms with van der Waals surface area (Å²) in [4.78, 5) is 29.4. The van der Waals surface area contributed by atoms with E-state index in [0.29, 0.717) is 28.7 Å². The van der Waals surface area contributed by atoms with Crippen LogP contribution in [0.1, 0.15) is 71.2 Å². The highest BCUT2D eigenvalue weighted by Gasteiger charge is 2.32. The molecule has 2 aliphatic rings. The van der Waals surface area contributed by atoms with Crippen molar-refractivity contribution >= 4 is 38.2 Å². The zero-order chi connectivity index (χ0) is 25.3. The van der Waals surface area contributed by atoms with Gasteiger partial charge in [-0.05, 0) is 69.9 Å². The summed E-state index contributed by atoms with van der Waals surface area (Å²) in [6.07, 6.45) is 3.50. The first kappa shape index (κ1) is 25.8. The van der Waals surface area contributed by atoms with Crippen molar-refractivity contribution in [3.8, 4) is 0 Å². The minimum Gasteiger partial charge on any atom is -0.355 e. The van der Waals surface area contributed by atoms with Crippen LogP contribution in [0.4, 0.5) is 5.00 Å². The summed E-state index contributed by atoms with van der Waals surface area (Å²) in [5.41, 5.74) is 1.87. The molecule has 4 rings (SSSR count). The van der Waals surface area contributed by atoms with Gasteiger partial charge in [-0.15, -0.1) is 11.3 Å². The van der Waals surface area contributed by atoms with E-state index in [1.54, 1.807) is 11.4 Å². The quantitative estimate of drug-likeness (QED) is 0.608. The molecule has 1 aromatic carbocycles. The largest absolute Gasteiger partial charge is 0.355 e. The predicted molar refractivity (Wildman–Crippen MR) is 139 cm³/mol. The zero-order valence-corrected chi connectivity index (χ0v) is 22.4. The van der Waals surface area contributed by atoms with Crippen molar-refractivity contribution < 1.29 is 18.0 Å². The summed E-state index contributed by atoms with van der Waals surface area (Å²) in [5, 5.41) is 6.14. The van der Waals surface area contributed by atoms with E-state index in [1.165, 1.54) is 35.6 Å². The summed E-state index contributed by atoms with van der Waals surface area (Å²) in [6, 6.07) is 6.41. The lowest BCUT2D eigenvalue weighted by molar-refractivity contribution is 0.0962. The van der Waals surface area contributed by atoms with Gasteiger partial charge in [0, 0.05) is 49.2 Å². The lowest BCUT2D eigenvalue weighted by Crippen LogP contribution is -2.41. The number of anilines is 1. The number of nitrogens with zero attached hydrogens (tertiary/aromatic N) is 2. The molecule has 0 bridgehead atoms. The Morgan fingerprint density at radius 3 is 2.43 bits per heavy atom. The molecule has 2 aliphatic heterocycles. The van der Waals surface area contributed by atoms with Crippen molar-refractivity contribution in [2.24, 2.45) is 0 Å². The molecule has 1 saturated heterocycles. The topological polar surface area (TPSA) is 98.8 Å². The van der Waals surface area contributed by atoms with E-state index < -0.39 is 10.0 Å². The number of fused-ring (bicyclic) bond motifs is 1. The van der Waals surface area contributed by atoms with Crippen LogP contribution < -0.4 is 10.6 Å². The first-order chi connectivity index (χ1) is 16.6. The van der Waals surface area contributed by atoms with Crippen LogP contribution in [0.2, 0.25) is 0 Å². The van der Waals surface area contributed by atoms with Gasteiger partial charge in [0.25, 0.3) is 11.8 Å². The molecule has 0 aliphatic carbocycles. The number of benzene rings is 1. The summed E-state index contributed by atoms with van der Waals surface area (Å²) in [5.74, 6) is -0.586. The van der Waals surface area contributed by atoms with Crippen molar-refractivity contribution in [3.05, 3.63) is 45.8 Å².